The second kappa shape index (κ2) is 7.90. The molecule has 21 heavy (non-hydrogen) atoms. The minimum absolute atomic E-state index is 0.181. The number of halogens is 1. The van der Waals surface area contributed by atoms with Crippen LogP contribution in [0.25, 0.3) is 0 Å². The van der Waals surface area contributed by atoms with E-state index in [9.17, 15) is 4.79 Å². The van der Waals surface area contributed by atoms with E-state index in [4.69, 9.17) is 4.74 Å². The number of esters is 1. The average molecular weight is 368 g/mol. The summed E-state index contributed by atoms with van der Waals surface area (Å²) >= 11 is 4.84. The Kier molecular flexibility index (Phi) is 5.89. The van der Waals surface area contributed by atoms with Gasteiger partial charge in [0.05, 0.1) is 24.9 Å². The fourth-order valence-corrected chi connectivity index (χ4v) is 2.58. The molecule has 2 rings (SSSR count). The van der Waals surface area contributed by atoms with E-state index in [2.05, 4.69) is 31.4 Å². The Bertz CT molecular complexity index is 643. The molecule has 0 saturated carbocycles. The predicted octanol–water partition coefficient (Wildman–Crippen LogP) is 3.46. The molecular formula is C14H14BrN3O2S. The molecule has 1 heterocycles. The van der Waals surface area contributed by atoms with Crippen molar-refractivity contribution in [3.8, 4) is 0 Å². The zero-order valence-electron chi connectivity index (χ0n) is 11.4. The Balaban J connectivity index is 1.91. The van der Waals surface area contributed by atoms with Crippen LogP contribution in [-0.4, -0.2) is 23.8 Å². The lowest BCUT2D eigenvalue weighted by molar-refractivity contribution is -0.142. The average Bonchev–Trinajstić information content (AvgIpc) is 2.88. The van der Waals surface area contributed by atoms with Crippen LogP contribution in [0.3, 0.4) is 0 Å². The summed E-state index contributed by atoms with van der Waals surface area (Å²) in [6.45, 7) is 2.16. The van der Waals surface area contributed by atoms with E-state index in [1.807, 2.05) is 29.6 Å². The number of aromatic nitrogens is 1. The van der Waals surface area contributed by atoms with Crippen LogP contribution < -0.4 is 5.43 Å². The van der Waals surface area contributed by atoms with E-state index in [-0.39, 0.29) is 12.4 Å². The quantitative estimate of drug-likeness (QED) is 0.482. The second-order valence-corrected chi connectivity index (χ2v) is 5.73. The van der Waals surface area contributed by atoms with Gasteiger partial charge in [0.25, 0.3) is 0 Å². The van der Waals surface area contributed by atoms with Crippen molar-refractivity contribution in [2.24, 2.45) is 5.10 Å². The molecular weight excluding hydrogens is 354 g/mol. The summed E-state index contributed by atoms with van der Waals surface area (Å²) in [5.41, 5.74) is 4.49. The minimum atomic E-state index is -0.272. The van der Waals surface area contributed by atoms with Gasteiger partial charge in [-0.3, -0.25) is 10.2 Å². The van der Waals surface area contributed by atoms with Crippen molar-refractivity contribution in [2.45, 2.75) is 13.3 Å². The van der Waals surface area contributed by atoms with Crippen molar-refractivity contribution in [1.29, 1.82) is 0 Å². The summed E-state index contributed by atoms with van der Waals surface area (Å²) in [5.74, 6) is -0.272. The summed E-state index contributed by atoms with van der Waals surface area (Å²) in [7, 11) is 0. The van der Waals surface area contributed by atoms with Crippen molar-refractivity contribution in [2.75, 3.05) is 12.0 Å². The van der Waals surface area contributed by atoms with Crippen molar-refractivity contribution < 1.29 is 9.53 Å². The molecule has 0 unspecified atom stereocenters. The molecule has 0 aliphatic rings. The van der Waals surface area contributed by atoms with E-state index in [1.54, 1.807) is 13.1 Å². The molecule has 0 bridgehead atoms. The zero-order chi connectivity index (χ0) is 15.1. The maximum absolute atomic E-state index is 11.3. The molecule has 0 aliphatic heterocycles. The van der Waals surface area contributed by atoms with Crippen LogP contribution in [0.1, 0.15) is 18.2 Å². The fourth-order valence-electron chi connectivity index (χ4n) is 1.54. The number of carbonyl (C=O) groups excluding carboxylic acids is 1. The number of hydrogen-bond donors (Lipinski definition) is 1. The number of carbonyl (C=O) groups is 1. The van der Waals surface area contributed by atoms with Crippen LogP contribution in [0.15, 0.2) is 39.2 Å². The lowest BCUT2D eigenvalue weighted by atomic mass is 10.2. The highest BCUT2D eigenvalue weighted by molar-refractivity contribution is 9.10. The van der Waals surface area contributed by atoms with Crippen molar-refractivity contribution in [1.82, 2.24) is 4.98 Å². The van der Waals surface area contributed by atoms with Gasteiger partial charge in [-0.1, -0.05) is 34.1 Å². The second-order valence-electron chi connectivity index (χ2n) is 4.02. The summed E-state index contributed by atoms with van der Waals surface area (Å²) in [6, 6.07) is 7.77. The third-order valence-corrected chi connectivity index (χ3v) is 3.97. The number of ether oxygens (including phenoxy) is 1. The van der Waals surface area contributed by atoms with E-state index in [0.717, 1.165) is 10.0 Å². The van der Waals surface area contributed by atoms with Crippen molar-refractivity contribution in [3.63, 3.8) is 0 Å². The number of nitrogens with one attached hydrogen (secondary N) is 1. The van der Waals surface area contributed by atoms with Crippen molar-refractivity contribution >= 4 is 44.6 Å². The molecule has 0 spiro atoms. The van der Waals surface area contributed by atoms with Crippen LogP contribution in [0, 0.1) is 0 Å². The fraction of sp³-hybridized carbons (Fsp3) is 0.214. The molecule has 110 valence electrons. The van der Waals surface area contributed by atoms with Gasteiger partial charge in [-0.05, 0) is 13.0 Å². The molecule has 1 N–H and O–H groups in total. The topological polar surface area (TPSA) is 63.6 Å². The smallest absolute Gasteiger partial charge is 0.311 e. The summed E-state index contributed by atoms with van der Waals surface area (Å²) in [4.78, 5) is 15.6. The van der Waals surface area contributed by atoms with Gasteiger partial charge in [-0.25, -0.2) is 4.98 Å². The first-order chi connectivity index (χ1) is 10.2. The van der Waals surface area contributed by atoms with Crippen LogP contribution >= 0.6 is 27.3 Å². The molecule has 0 aliphatic carbocycles. The number of hydrazone groups is 1. The Morgan fingerprint density at radius 3 is 3.10 bits per heavy atom. The van der Waals surface area contributed by atoms with Gasteiger partial charge >= 0.3 is 5.97 Å². The van der Waals surface area contributed by atoms with E-state index >= 15 is 0 Å². The highest BCUT2D eigenvalue weighted by Gasteiger charge is 2.07. The highest BCUT2D eigenvalue weighted by Crippen LogP contribution is 2.17. The van der Waals surface area contributed by atoms with Gasteiger partial charge in [0.1, 0.15) is 0 Å². The van der Waals surface area contributed by atoms with Gasteiger partial charge < -0.3 is 4.74 Å². The molecule has 1 aromatic carbocycles. The lowest BCUT2D eigenvalue weighted by Gasteiger charge is -1.98. The van der Waals surface area contributed by atoms with Gasteiger partial charge in [-0.2, -0.15) is 5.10 Å². The standard InChI is InChI=1S/C14H14BrN3O2S/c1-2-20-13(19)7-11-9-21-14(17-11)18-16-8-10-5-3-4-6-12(10)15/h3-6,8-9H,2,7H2,1H3,(H,17,18). The Morgan fingerprint density at radius 1 is 1.52 bits per heavy atom. The van der Waals surface area contributed by atoms with Crippen LogP contribution in [0.2, 0.25) is 0 Å². The van der Waals surface area contributed by atoms with E-state index in [0.29, 0.717) is 17.4 Å². The number of nitrogens with zero attached hydrogens (tertiary/aromatic N) is 2. The number of hydrogen-bond acceptors (Lipinski definition) is 6. The van der Waals surface area contributed by atoms with Gasteiger partial charge in [0.15, 0.2) is 0 Å². The largest absolute Gasteiger partial charge is 0.466 e. The molecule has 0 fully saturated rings. The molecule has 0 saturated heterocycles. The molecule has 0 amide bonds. The maximum Gasteiger partial charge on any atom is 0.311 e. The monoisotopic (exact) mass is 367 g/mol. The number of benzene rings is 1. The molecule has 1 aromatic heterocycles. The van der Waals surface area contributed by atoms with Gasteiger partial charge in [0, 0.05) is 15.4 Å². The first kappa shape index (κ1) is 15.7. The Hall–Kier alpha value is -1.73. The first-order valence-electron chi connectivity index (χ1n) is 6.32. The minimum Gasteiger partial charge on any atom is -0.466 e. The first-order valence-corrected chi connectivity index (χ1v) is 8.00. The molecule has 5 nitrogen and oxygen atoms in total. The Labute approximate surface area is 135 Å². The number of rotatable bonds is 6. The molecule has 0 radical (unpaired) electrons. The normalized spacial score (nSPS) is 10.8. The van der Waals surface area contributed by atoms with Crippen LogP contribution in [-0.2, 0) is 16.0 Å². The number of anilines is 1. The van der Waals surface area contributed by atoms with Crippen molar-refractivity contribution in [3.05, 3.63) is 45.4 Å². The Morgan fingerprint density at radius 2 is 2.33 bits per heavy atom. The van der Waals surface area contributed by atoms with Gasteiger partial charge in [0.2, 0.25) is 5.13 Å². The third kappa shape index (κ3) is 4.95. The maximum atomic E-state index is 11.3. The summed E-state index contributed by atoms with van der Waals surface area (Å²) < 4.78 is 5.85. The predicted molar refractivity (Wildman–Crippen MR) is 87.8 cm³/mol. The molecule has 7 heteroatoms. The van der Waals surface area contributed by atoms with Crippen LogP contribution in [0.4, 0.5) is 5.13 Å². The molecule has 2 aromatic rings. The SMILES string of the molecule is CCOC(=O)Cc1csc(NN=Cc2ccccc2Br)n1. The zero-order valence-corrected chi connectivity index (χ0v) is 13.8. The molecule has 0 atom stereocenters. The highest BCUT2D eigenvalue weighted by atomic mass is 79.9. The summed E-state index contributed by atoms with van der Waals surface area (Å²) in [5, 5.41) is 6.58. The van der Waals surface area contributed by atoms with E-state index in [1.165, 1.54) is 11.3 Å². The third-order valence-electron chi connectivity index (χ3n) is 2.45. The lowest BCUT2D eigenvalue weighted by Crippen LogP contribution is -2.07. The van der Waals surface area contributed by atoms with Gasteiger partial charge in [-0.15, -0.1) is 11.3 Å². The summed E-state index contributed by atoms with van der Waals surface area (Å²) in [6.07, 6.45) is 1.89. The van der Waals surface area contributed by atoms with E-state index < -0.39 is 0 Å². The van der Waals surface area contributed by atoms with Crippen LogP contribution in [0.5, 0.6) is 0 Å². The number of thiazole rings is 1.